The third-order valence-electron chi connectivity index (χ3n) is 3.78. The van der Waals surface area contributed by atoms with E-state index in [1.54, 1.807) is 12.1 Å². The second-order valence-corrected chi connectivity index (χ2v) is 4.94. The van der Waals surface area contributed by atoms with E-state index in [0.29, 0.717) is 24.2 Å². The maximum Gasteiger partial charge on any atom is 0.262 e. The number of nitrogens with zero attached hydrogens (tertiary/aromatic N) is 1. The number of rotatable bonds is 2. The van der Waals surface area contributed by atoms with Gasteiger partial charge in [0.2, 0.25) is 0 Å². The van der Waals surface area contributed by atoms with Crippen molar-refractivity contribution in [2.45, 2.75) is 38.4 Å². The Labute approximate surface area is 111 Å². The highest BCUT2D eigenvalue weighted by Gasteiger charge is 2.47. The number of imide groups is 1. The third-order valence-corrected chi connectivity index (χ3v) is 3.78. The zero-order chi connectivity index (χ0) is 13.6. The SMILES string of the molecule is CCc1ccc(N2C(=O)C3CCC(O3)C2=O)cc1N. The highest BCUT2D eigenvalue weighted by molar-refractivity contribution is 6.20. The van der Waals surface area contributed by atoms with E-state index in [9.17, 15) is 9.59 Å². The van der Waals surface area contributed by atoms with Gasteiger partial charge in [-0.2, -0.15) is 0 Å². The van der Waals surface area contributed by atoms with Crippen molar-refractivity contribution in [3.63, 3.8) is 0 Å². The van der Waals surface area contributed by atoms with Crippen LogP contribution in [0.25, 0.3) is 0 Å². The topological polar surface area (TPSA) is 72.6 Å². The normalized spacial score (nSPS) is 26.1. The van der Waals surface area contributed by atoms with Crippen LogP contribution in [0.15, 0.2) is 18.2 Å². The molecule has 2 N–H and O–H groups in total. The Morgan fingerprint density at radius 2 is 1.89 bits per heavy atom. The number of amides is 2. The van der Waals surface area contributed by atoms with E-state index in [-0.39, 0.29) is 11.8 Å². The van der Waals surface area contributed by atoms with E-state index < -0.39 is 12.2 Å². The number of anilines is 2. The zero-order valence-corrected chi connectivity index (χ0v) is 10.8. The molecule has 2 bridgehead atoms. The molecule has 2 fully saturated rings. The summed E-state index contributed by atoms with van der Waals surface area (Å²) in [6.45, 7) is 2.01. The average molecular weight is 260 g/mol. The summed E-state index contributed by atoms with van der Waals surface area (Å²) in [5.41, 5.74) is 8.10. The quantitative estimate of drug-likeness (QED) is 0.641. The largest absolute Gasteiger partial charge is 0.398 e. The number of nitrogens with two attached hydrogens (primary N) is 1. The van der Waals surface area contributed by atoms with Crippen molar-refractivity contribution >= 4 is 23.2 Å². The lowest BCUT2D eigenvalue weighted by atomic mass is 10.1. The van der Waals surface area contributed by atoms with E-state index >= 15 is 0 Å². The molecule has 2 amide bonds. The second kappa shape index (κ2) is 4.35. The van der Waals surface area contributed by atoms with Crippen LogP contribution in [0, 0.1) is 0 Å². The molecular weight excluding hydrogens is 244 g/mol. The number of ether oxygens (including phenoxy) is 1. The van der Waals surface area contributed by atoms with Gasteiger partial charge in [0.05, 0.1) is 5.69 Å². The first-order chi connectivity index (χ1) is 9.11. The molecule has 2 aliphatic rings. The first kappa shape index (κ1) is 12.2. The lowest BCUT2D eigenvalue weighted by Gasteiger charge is -2.30. The van der Waals surface area contributed by atoms with Gasteiger partial charge in [-0.3, -0.25) is 9.59 Å². The minimum absolute atomic E-state index is 0.276. The van der Waals surface area contributed by atoms with Gasteiger partial charge in [-0.25, -0.2) is 4.90 Å². The number of hydrogen-bond acceptors (Lipinski definition) is 4. The third kappa shape index (κ3) is 1.81. The van der Waals surface area contributed by atoms with Crippen LogP contribution < -0.4 is 10.6 Å². The molecule has 0 aromatic heterocycles. The van der Waals surface area contributed by atoms with Crippen LogP contribution in [0.3, 0.4) is 0 Å². The molecule has 2 heterocycles. The summed E-state index contributed by atoms with van der Waals surface area (Å²) in [4.78, 5) is 25.6. The van der Waals surface area contributed by atoms with Crippen LogP contribution in [0.2, 0.25) is 0 Å². The number of aryl methyl sites for hydroxylation is 1. The van der Waals surface area contributed by atoms with Gasteiger partial charge >= 0.3 is 0 Å². The molecule has 1 aromatic rings. The first-order valence-corrected chi connectivity index (χ1v) is 6.53. The predicted molar refractivity (Wildman–Crippen MR) is 70.6 cm³/mol. The molecule has 1 aromatic carbocycles. The summed E-state index contributed by atoms with van der Waals surface area (Å²) < 4.78 is 5.38. The minimum Gasteiger partial charge on any atom is -0.398 e. The van der Waals surface area contributed by atoms with Gasteiger partial charge in [-0.15, -0.1) is 0 Å². The van der Waals surface area contributed by atoms with Crippen LogP contribution in [-0.2, 0) is 20.7 Å². The monoisotopic (exact) mass is 260 g/mol. The van der Waals surface area contributed by atoms with Crippen molar-refractivity contribution in [3.05, 3.63) is 23.8 Å². The summed E-state index contributed by atoms with van der Waals surface area (Å²) in [7, 11) is 0. The molecule has 2 atom stereocenters. The van der Waals surface area contributed by atoms with Gasteiger partial charge in [-0.05, 0) is 37.0 Å². The Bertz CT molecular complexity index is 534. The van der Waals surface area contributed by atoms with Crippen molar-refractivity contribution in [1.82, 2.24) is 0 Å². The van der Waals surface area contributed by atoms with E-state index in [2.05, 4.69) is 0 Å². The summed E-state index contributed by atoms with van der Waals surface area (Å²) in [5.74, 6) is -0.551. The zero-order valence-electron chi connectivity index (χ0n) is 10.8. The van der Waals surface area contributed by atoms with Crippen LogP contribution in [0.5, 0.6) is 0 Å². The summed E-state index contributed by atoms with van der Waals surface area (Å²) in [6.07, 6.45) is 1.11. The summed E-state index contributed by atoms with van der Waals surface area (Å²) in [6, 6.07) is 5.33. The van der Waals surface area contributed by atoms with Crippen molar-refractivity contribution in [2.24, 2.45) is 0 Å². The van der Waals surface area contributed by atoms with Gasteiger partial charge in [0.1, 0.15) is 12.2 Å². The molecule has 3 rings (SSSR count). The van der Waals surface area contributed by atoms with Gasteiger partial charge in [0.25, 0.3) is 11.8 Å². The maximum absolute atomic E-state index is 12.2. The lowest BCUT2D eigenvalue weighted by Crippen LogP contribution is -2.52. The van der Waals surface area contributed by atoms with Gasteiger partial charge in [0, 0.05) is 5.69 Å². The van der Waals surface area contributed by atoms with Crippen LogP contribution in [0.4, 0.5) is 11.4 Å². The molecular formula is C14H16N2O3. The molecule has 2 saturated heterocycles. The molecule has 0 saturated carbocycles. The number of carbonyl (C=O) groups excluding carboxylic acids is 2. The van der Waals surface area contributed by atoms with E-state index in [0.717, 1.165) is 12.0 Å². The highest BCUT2D eigenvalue weighted by Crippen LogP contribution is 2.32. The molecule has 5 heteroatoms. The fourth-order valence-electron chi connectivity index (χ4n) is 2.69. The number of nitrogen functional groups attached to an aromatic ring is 1. The Balaban J connectivity index is 1.99. The predicted octanol–water partition coefficient (Wildman–Crippen LogP) is 1.25. The number of morpholine rings is 1. The second-order valence-electron chi connectivity index (χ2n) is 4.94. The van der Waals surface area contributed by atoms with E-state index in [1.165, 1.54) is 4.90 Å². The Morgan fingerprint density at radius 1 is 1.26 bits per heavy atom. The van der Waals surface area contributed by atoms with E-state index in [1.807, 2.05) is 13.0 Å². The fraction of sp³-hybridized carbons (Fsp3) is 0.429. The van der Waals surface area contributed by atoms with Crippen molar-refractivity contribution < 1.29 is 14.3 Å². The lowest BCUT2D eigenvalue weighted by molar-refractivity contribution is -0.146. The van der Waals surface area contributed by atoms with Crippen LogP contribution in [-0.4, -0.2) is 24.0 Å². The average Bonchev–Trinajstić information content (AvgIpc) is 2.84. The molecule has 19 heavy (non-hydrogen) atoms. The van der Waals surface area contributed by atoms with Crippen molar-refractivity contribution in [1.29, 1.82) is 0 Å². The smallest absolute Gasteiger partial charge is 0.262 e. The Morgan fingerprint density at radius 3 is 2.42 bits per heavy atom. The van der Waals surface area contributed by atoms with E-state index in [4.69, 9.17) is 10.5 Å². The number of hydrogen-bond donors (Lipinski definition) is 1. The number of fused-ring (bicyclic) bond motifs is 2. The molecule has 100 valence electrons. The molecule has 2 unspecified atom stereocenters. The van der Waals surface area contributed by atoms with Crippen molar-refractivity contribution in [3.8, 4) is 0 Å². The molecule has 0 spiro atoms. The van der Waals surface area contributed by atoms with Crippen LogP contribution in [0.1, 0.15) is 25.3 Å². The van der Waals surface area contributed by atoms with Crippen LogP contribution >= 0.6 is 0 Å². The maximum atomic E-state index is 12.2. The summed E-state index contributed by atoms with van der Waals surface area (Å²) in [5, 5.41) is 0. The highest BCUT2D eigenvalue weighted by atomic mass is 16.5. The summed E-state index contributed by atoms with van der Waals surface area (Å²) >= 11 is 0. The first-order valence-electron chi connectivity index (χ1n) is 6.53. The fourth-order valence-corrected chi connectivity index (χ4v) is 2.69. The van der Waals surface area contributed by atoms with Gasteiger partial charge in [0.15, 0.2) is 0 Å². The number of carbonyl (C=O) groups is 2. The molecule has 5 nitrogen and oxygen atoms in total. The molecule has 2 aliphatic heterocycles. The number of benzene rings is 1. The van der Waals surface area contributed by atoms with Gasteiger partial charge < -0.3 is 10.5 Å². The minimum atomic E-state index is -0.477. The Hall–Kier alpha value is -1.88. The van der Waals surface area contributed by atoms with Crippen molar-refractivity contribution in [2.75, 3.05) is 10.6 Å². The molecule has 0 radical (unpaired) electrons. The standard InChI is InChI=1S/C14H16N2O3/c1-2-8-3-4-9(7-10(8)15)16-13(17)11-5-6-12(19-11)14(16)18/h3-4,7,11-12H,2,5-6,15H2,1H3. The van der Waals surface area contributed by atoms with Gasteiger partial charge in [-0.1, -0.05) is 13.0 Å². The molecule has 0 aliphatic carbocycles. The Kier molecular flexibility index (Phi) is 2.78.